The van der Waals surface area contributed by atoms with Crippen LogP contribution in [0.1, 0.15) is 5.69 Å². The Morgan fingerprint density at radius 2 is 2.38 bits per heavy atom. The Kier molecular flexibility index (Phi) is 2.31. The molecule has 0 bridgehead atoms. The van der Waals surface area contributed by atoms with Gasteiger partial charge in [0, 0.05) is 11.1 Å². The Labute approximate surface area is 81.3 Å². The molecule has 4 heteroatoms. The highest BCUT2D eigenvalue weighted by molar-refractivity contribution is 7.80. The van der Waals surface area contributed by atoms with Crippen molar-refractivity contribution in [3.05, 3.63) is 30.2 Å². The molecule has 0 amide bonds. The van der Waals surface area contributed by atoms with Gasteiger partial charge >= 0.3 is 0 Å². The van der Waals surface area contributed by atoms with Gasteiger partial charge in [0.1, 0.15) is 0 Å². The maximum absolute atomic E-state index is 4.22. The van der Waals surface area contributed by atoms with Gasteiger partial charge in [-0.1, -0.05) is 6.08 Å². The van der Waals surface area contributed by atoms with Gasteiger partial charge in [-0.3, -0.25) is 10.1 Å². The second kappa shape index (κ2) is 3.62. The minimum absolute atomic E-state index is 0.727. The summed E-state index contributed by atoms with van der Waals surface area (Å²) in [5, 5.41) is 7.85. The molecule has 0 aliphatic heterocycles. The fourth-order valence-electron chi connectivity index (χ4n) is 1.12. The van der Waals surface area contributed by atoms with E-state index < -0.39 is 0 Å². The second-order valence-electron chi connectivity index (χ2n) is 2.65. The molecule has 2 heterocycles. The number of fused-ring (bicyclic) bond motifs is 1. The number of thiol groups is 1. The number of hydrogen-bond acceptors (Lipinski definition) is 3. The number of aromatic amines is 1. The summed E-state index contributed by atoms with van der Waals surface area (Å²) in [5.41, 5.74) is 1.89. The van der Waals surface area contributed by atoms with E-state index in [-0.39, 0.29) is 0 Å². The molecule has 66 valence electrons. The van der Waals surface area contributed by atoms with Crippen LogP contribution in [-0.2, 0) is 0 Å². The molecule has 0 fully saturated rings. The summed E-state index contributed by atoms with van der Waals surface area (Å²) in [7, 11) is 0. The number of H-pyrrole nitrogens is 1. The summed E-state index contributed by atoms with van der Waals surface area (Å²) >= 11 is 4.08. The predicted molar refractivity (Wildman–Crippen MR) is 56.8 cm³/mol. The van der Waals surface area contributed by atoms with Crippen LogP contribution in [-0.4, -0.2) is 20.9 Å². The first kappa shape index (κ1) is 8.31. The highest BCUT2D eigenvalue weighted by Gasteiger charge is 1.95. The van der Waals surface area contributed by atoms with E-state index in [4.69, 9.17) is 0 Å². The van der Waals surface area contributed by atoms with E-state index in [0.29, 0.717) is 0 Å². The van der Waals surface area contributed by atoms with E-state index in [2.05, 4.69) is 27.8 Å². The Hall–Kier alpha value is -1.29. The van der Waals surface area contributed by atoms with E-state index in [1.807, 2.05) is 18.2 Å². The molecule has 0 aliphatic rings. The molecule has 2 aromatic heterocycles. The van der Waals surface area contributed by atoms with Crippen molar-refractivity contribution in [2.75, 3.05) is 5.75 Å². The maximum Gasteiger partial charge on any atom is 0.0833 e. The fourth-order valence-corrected chi connectivity index (χ4v) is 1.23. The SMILES string of the molecule is SCC=Cc1cc2cn[nH]c2cn1. The molecule has 0 radical (unpaired) electrons. The molecule has 0 aliphatic carbocycles. The molecule has 0 saturated carbocycles. The van der Waals surface area contributed by atoms with Gasteiger partial charge < -0.3 is 0 Å². The number of hydrogen-bond donors (Lipinski definition) is 2. The molecule has 0 unspecified atom stereocenters. The van der Waals surface area contributed by atoms with Crippen LogP contribution in [0, 0.1) is 0 Å². The van der Waals surface area contributed by atoms with Gasteiger partial charge in [0.2, 0.25) is 0 Å². The van der Waals surface area contributed by atoms with Crippen molar-refractivity contribution in [3.63, 3.8) is 0 Å². The van der Waals surface area contributed by atoms with Gasteiger partial charge in [-0.25, -0.2) is 0 Å². The summed E-state index contributed by atoms with van der Waals surface area (Å²) in [6, 6.07) is 1.98. The minimum Gasteiger partial charge on any atom is -0.276 e. The van der Waals surface area contributed by atoms with Crippen molar-refractivity contribution in [1.82, 2.24) is 15.2 Å². The van der Waals surface area contributed by atoms with Gasteiger partial charge in [-0.15, -0.1) is 0 Å². The summed E-state index contributed by atoms with van der Waals surface area (Å²) < 4.78 is 0. The largest absolute Gasteiger partial charge is 0.276 e. The molecular formula is C9H9N3S. The summed E-state index contributed by atoms with van der Waals surface area (Å²) in [6.07, 6.45) is 7.46. The van der Waals surface area contributed by atoms with Crippen molar-refractivity contribution in [1.29, 1.82) is 0 Å². The van der Waals surface area contributed by atoms with E-state index >= 15 is 0 Å². The molecule has 3 nitrogen and oxygen atoms in total. The van der Waals surface area contributed by atoms with Gasteiger partial charge in [-0.05, 0) is 12.1 Å². The van der Waals surface area contributed by atoms with Crippen molar-refractivity contribution in [2.45, 2.75) is 0 Å². The van der Waals surface area contributed by atoms with Crippen LogP contribution in [0.2, 0.25) is 0 Å². The molecule has 0 saturated heterocycles. The molecule has 2 aromatic rings. The van der Waals surface area contributed by atoms with E-state index in [1.54, 1.807) is 12.4 Å². The van der Waals surface area contributed by atoms with Crippen LogP contribution >= 0.6 is 12.6 Å². The highest BCUT2D eigenvalue weighted by Crippen LogP contribution is 2.10. The average molecular weight is 191 g/mol. The van der Waals surface area contributed by atoms with Crippen molar-refractivity contribution >= 4 is 29.6 Å². The standard InChI is InChI=1S/C9H9N3S/c13-3-1-2-8-4-7-5-11-12-9(7)6-10-8/h1-2,4-6,13H,3H2,(H,11,12). The maximum atomic E-state index is 4.22. The Balaban J connectivity index is 2.42. The Morgan fingerprint density at radius 1 is 1.46 bits per heavy atom. The summed E-state index contributed by atoms with van der Waals surface area (Å²) in [5.74, 6) is 0.727. The zero-order chi connectivity index (χ0) is 9.10. The van der Waals surface area contributed by atoms with E-state index in [9.17, 15) is 0 Å². The lowest BCUT2D eigenvalue weighted by Crippen LogP contribution is -1.79. The summed E-state index contributed by atoms with van der Waals surface area (Å²) in [6.45, 7) is 0. The minimum atomic E-state index is 0.727. The van der Waals surface area contributed by atoms with Gasteiger partial charge in [0.15, 0.2) is 0 Å². The third-order valence-electron chi connectivity index (χ3n) is 1.74. The number of rotatable bonds is 2. The lowest BCUT2D eigenvalue weighted by atomic mass is 10.2. The van der Waals surface area contributed by atoms with Crippen LogP contribution in [0.3, 0.4) is 0 Å². The first-order chi connectivity index (χ1) is 6.40. The number of nitrogens with zero attached hydrogens (tertiary/aromatic N) is 2. The van der Waals surface area contributed by atoms with Gasteiger partial charge in [-0.2, -0.15) is 17.7 Å². The fraction of sp³-hybridized carbons (Fsp3) is 0.111. The lowest BCUT2D eigenvalue weighted by Gasteiger charge is -1.91. The van der Waals surface area contributed by atoms with Crippen LogP contribution < -0.4 is 0 Å². The number of pyridine rings is 1. The molecule has 13 heavy (non-hydrogen) atoms. The molecule has 1 N–H and O–H groups in total. The summed E-state index contributed by atoms with van der Waals surface area (Å²) in [4.78, 5) is 4.22. The Morgan fingerprint density at radius 3 is 3.23 bits per heavy atom. The van der Waals surface area contributed by atoms with Crippen molar-refractivity contribution in [2.24, 2.45) is 0 Å². The van der Waals surface area contributed by atoms with Crippen molar-refractivity contribution in [3.8, 4) is 0 Å². The van der Waals surface area contributed by atoms with Gasteiger partial charge in [0.25, 0.3) is 0 Å². The van der Waals surface area contributed by atoms with E-state index in [1.165, 1.54) is 0 Å². The van der Waals surface area contributed by atoms with Crippen LogP contribution in [0.15, 0.2) is 24.5 Å². The molecular weight excluding hydrogens is 182 g/mol. The van der Waals surface area contributed by atoms with Crippen LogP contribution in [0.4, 0.5) is 0 Å². The van der Waals surface area contributed by atoms with Crippen LogP contribution in [0.5, 0.6) is 0 Å². The third-order valence-corrected chi connectivity index (χ3v) is 1.95. The third kappa shape index (κ3) is 1.72. The van der Waals surface area contributed by atoms with Gasteiger partial charge in [0.05, 0.1) is 23.6 Å². The smallest absolute Gasteiger partial charge is 0.0833 e. The topological polar surface area (TPSA) is 41.6 Å². The molecule has 0 spiro atoms. The van der Waals surface area contributed by atoms with E-state index in [0.717, 1.165) is 22.3 Å². The average Bonchev–Trinajstić information content (AvgIpc) is 2.61. The Bertz CT molecular complexity index is 433. The zero-order valence-electron chi connectivity index (χ0n) is 6.94. The normalized spacial score (nSPS) is 11.5. The second-order valence-corrected chi connectivity index (χ2v) is 3.02. The molecule has 0 aromatic carbocycles. The molecule has 0 atom stereocenters. The highest BCUT2D eigenvalue weighted by atomic mass is 32.1. The first-order valence-corrected chi connectivity index (χ1v) is 4.60. The number of nitrogens with one attached hydrogen (secondary N) is 1. The lowest BCUT2D eigenvalue weighted by molar-refractivity contribution is 1.11. The first-order valence-electron chi connectivity index (χ1n) is 3.96. The predicted octanol–water partition coefficient (Wildman–Crippen LogP) is 1.90. The van der Waals surface area contributed by atoms with Crippen molar-refractivity contribution < 1.29 is 0 Å². The van der Waals surface area contributed by atoms with Crippen LogP contribution in [0.25, 0.3) is 17.0 Å². The monoisotopic (exact) mass is 191 g/mol. The quantitative estimate of drug-likeness (QED) is 0.712. The zero-order valence-corrected chi connectivity index (χ0v) is 7.83. The number of aromatic nitrogens is 3. The molecule has 2 rings (SSSR count).